The number of carbonyl (C=O) groups is 4. The average Bonchev–Trinajstić information content (AvgIpc) is 3.87. The number of ketones is 1. The molecule has 3 aromatic rings. The number of aromatic amines is 3. The zero-order valence-corrected chi connectivity index (χ0v) is 31.5. The molecule has 3 aliphatic rings. The molecule has 0 spiro atoms. The van der Waals surface area contributed by atoms with E-state index in [0.29, 0.717) is 51.5 Å². The third-order valence-electron chi connectivity index (χ3n) is 11.2. The molecule has 8 bridgehead atoms. The topological polar surface area (TPSA) is 146 Å². The number of H-pyrrole nitrogens is 3. The van der Waals surface area contributed by atoms with E-state index in [1.807, 2.05) is 45.9 Å². The Labute approximate surface area is 303 Å². The lowest BCUT2D eigenvalue weighted by Gasteiger charge is -2.26. The Morgan fingerprint density at radius 1 is 0.885 bits per heavy atom. The van der Waals surface area contributed by atoms with Crippen molar-refractivity contribution in [1.29, 1.82) is 0 Å². The summed E-state index contributed by atoms with van der Waals surface area (Å²) in [7, 11) is 1.30. The maximum Gasteiger partial charge on any atom is 0.320 e. The number of nitrogens with one attached hydrogen (secondary N) is 4. The molecule has 1 unspecified atom stereocenters. The van der Waals surface area contributed by atoms with Crippen LogP contribution in [0.4, 0.5) is 0 Å². The largest absolute Gasteiger partial charge is 0.468 e. The van der Waals surface area contributed by atoms with Crippen LogP contribution >= 0.6 is 0 Å². The van der Waals surface area contributed by atoms with Crippen LogP contribution in [0.2, 0.25) is 0 Å². The number of carbonyl (C=O) groups excluding carboxylic acids is 4. The van der Waals surface area contributed by atoms with E-state index in [1.165, 1.54) is 12.7 Å². The molecule has 5 heterocycles. The van der Waals surface area contributed by atoms with E-state index >= 15 is 0 Å². The highest BCUT2D eigenvalue weighted by Gasteiger charge is 2.47. The summed E-state index contributed by atoms with van der Waals surface area (Å²) in [6.45, 7) is 14.5. The summed E-state index contributed by atoms with van der Waals surface area (Å²) in [6, 6.07) is -0.490. The van der Waals surface area contributed by atoms with Crippen LogP contribution in [-0.4, -0.2) is 58.7 Å². The molecule has 10 nitrogen and oxygen atoms in total. The Balaban J connectivity index is 1.59. The number of hydrogen-bond acceptors (Lipinski definition) is 7. The van der Waals surface area contributed by atoms with Gasteiger partial charge < -0.3 is 29.7 Å². The quantitative estimate of drug-likeness (QED) is 0.103. The molecule has 0 saturated carbocycles. The van der Waals surface area contributed by atoms with Crippen molar-refractivity contribution in [3.05, 3.63) is 89.1 Å². The number of Topliss-reactive ketones (excluding diaryl/α,β-unsaturated/α-hetero) is 1. The average molecular weight is 707 g/mol. The van der Waals surface area contributed by atoms with Crippen molar-refractivity contribution in [2.45, 2.75) is 93.0 Å². The third-order valence-corrected chi connectivity index (χ3v) is 11.2. The molecular formula is C42H50N4O6. The number of esters is 2. The molecule has 274 valence electrons. The van der Waals surface area contributed by atoms with Crippen molar-refractivity contribution < 1.29 is 28.7 Å². The molecule has 52 heavy (non-hydrogen) atoms. The van der Waals surface area contributed by atoms with Crippen LogP contribution in [0.1, 0.15) is 115 Å². The smallest absolute Gasteiger partial charge is 0.320 e. The molecule has 4 N–H and O–H groups in total. The van der Waals surface area contributed by atoms with Gasteiger partial charge in [0.2, 0.25) is 0 Å². The Hall–Kier alpha value is -5.12. The summed E-state index contributed by atoms with van der Waals surface area (Å²) in [5, 5.41) is 6.82. The first kappa shape index (κ1) is 36.7. The molecule has 0 aromatic carbocycles. The van der Waals surface area contributed by atoms with E-state index in [0.717, 1.165) is 69.9 Å². The Bertz CT molecular complexity index is 2290. The van der Waals surface area contributed by atoms with Crippen molar-refractivity contribution >= 4 is 47.8 Å². The number of fused-ring (bicyclic) bond motifs is 8. The molecule has 0 radical (unpaired) electrons. The summed E-state index contributed by atoms with van der Waals surface area (Å²) in [5.74, 6) is -2.62. The van der Waals surface area contributed by atoms with E-state index < -0.39 is 17.9 Å². The maximum atomic E-state index is 14.3. The zero-order chi connectivity index (χ0) is 37.4. The first-order valence-corrected chi connectivity index (χ1v) is 18.4. The standard InChI is InChI=1S/C42H50N4O6/c1-9-12-21(4)15-16-52-35(48)14-13-27-23(6)30-17-29-22(5)25(10-2)32(43-29)19-34-28(20-47)26(11-3)33(44-34)18-31-24(7)36-40(46-31)37(39(27)45-30)38(41(36)49)42(50)51-8/h15,17-20,27,38-39,43-46H,9-14,16H2,1-8H3/b21-15-,29-17-,31-18-,32-19-/t27-,38+,39?/m0/s1. The van der Waals surface area contributed by atoms with Crippen molar-refractivity contribution in [2.75, 3.05) is 13.7 Å². The van der Waals surface area contributed by atoms with Gasteiger partial charge in [-0.1, -0.05) is 32.8 Å². The minimum atomic E-state index is -1.14. The second-order valence-electron chi connectivity index (χ2n) is 14.2. The molecule has 1 aliphatic carbocycles. The molecule has 3 atom stereocenters. The van der Waals surface area contributed by atoms with Gasteiger partial charge in [-0.15, -0.1) is 0 Å². The zero-order valence-electron chi connectivity index (χ0n) is 31.5. The van der Waals surface area contributed by atoms with Gasteiger partial charge in [-0.25, -0.2) is 0 Å². The Morgan fingerprint density at radius 2 is 1.60 bits per heavy atom. The highest BCUT2D eigenvalue weighted by Crippen LogP contribution is 2.39. The van der Waals surface area contributed by atoms with E-state index in [4.69, 9.17) is 9.47 Å². The second-order valence-corrected chi connectivity index (χ2v) is 14.2. The van der Waals surface area contributed by atoms with Crippen LogP contribution in [-0.2, 0) is 31.9 Å². The van der Waals surface area contributed by atoms with Crippen LogP contribution in [0.25, 0.3) is 23.8 Å². The monoisotopic (exact) mass is 706 g/mol. The lowest BCUT2D eigenvalue weighted by molar-refractivity contribution is -0.143. The number of aromatic nitrogens is 3. The molecule has 0 fully saturated rings. The highest BCUT2D eigenvalue weighted by atomic mass is 16.5. The first-order chi connectivity index (χ1) is 25.0. The van der Waals surface area contributed by atoms with E-state index in [-0.39, 0.29) is 30.7 Å². The molecule has 2 aliphatic heterocycles. The summed E-state index contributed by atoms with van der Waals surface area (Å²) in [5.41, 5.74) is 9.97. The summed E-state index contributed by atoms with van der Waals surface area (Å²) < 4.78 is 10.8. The number of methoxy groups -OCH3 is 1. The van der Waals surface area contributed by atoms with Crippen molar-refractivity contribution in [3.63, 3.8) is 0 Å². The lowest BCUT2D eigenvalue weighted by Crippen LogP contribution is -2.39. The van der Waals surface area contributed by atoms with Gasteiger partial charge in [0.1, 0.15) is 12.5 Å². The van der Waals surface area contributed by atoms with Crippen molar-refractivity contribution in [1.82, 2.24) is 20.3 Å². The highest BCUT2D eigenvalue weighted by molar-refractivity contribution is 6.19. The van der Waals surface area contributed by atoms with Gasteiger partial charge in [0, 0.05) is 50.9 Å². The molecule has 0 amide bonds. The fourth-order valence-electron chi connectivity index (χ4n) is 8.37. The van der Waals surface area contributed by atoms with Crippen LogP contribution in [0.15, 0.2) is 22.9 Å². The minimum absolute atomic E-state index is 0.169. The van der Waals surface area contributed by atoms with Gasteiger partial charge in [-0.05, 0) is 111 Å². The SMILES string of the molecule is CCC/C(C)=C\COC(=O)CC[C@H]1C(C)=C2/C=c3\[nH]/c(c(CC)c3C)=C\c3[nH]c(c(CC)c3C=O)/C=c3\[nH]c4c(c3C)C(=O)[C@H](C(=O)OC)C=4C1N2. The molecule has 10 heteroatoms. The van der Waals surface area contributed by atoms with Crippen molar-refractivity contribution in [2.24, 2.45) is 11.8 Å². The third kappa shape index (κ3) is 6.33. The Morgan fingerprint density at radius 3 is 2.27 bits per heavy atom. The maximum absolute atomic E-state index is 14.3. The van der Waals surface area contributed by atoms with E-state index in [1.54, 1.807) is 0 Å². The fraction of sp³-hybridized carbons (Fsp3) is 0.429. The predicted octanol–water partition coefficient (Wildman–Crippen LogP) is 3.74. The summed E-state index contributed by atoms with van der Waals surface area (Å²) in [4.78, 5) is 64.0. The lowest BCUT2D eigenvalue weighted by atomic mass is 9.82. The fourth-order valence-corrected chi connectivity index (χ4v) is 8.37. The second kappa shape index (κ2) is 14.9. The van der Waals surface area contributed by atoms with E-state index in [2.05, 4.69) is 47.1 Å². The van der Waals surface area contributed by atoms with Gasteiger partial charge >= 0.3 is 11.9 Å². The number of aldehydes is 1. The van der Waals surface area contributed by atoms with Gasteiger partial charge in [0.15, 0.2) is 12.1 Å². The van der Waals surface area contributed by atoms with Gasteiger partial charge in [0.05, 0.1) is 24.2 Å². The van der Waals surface area contributed by atoms with E-state index in [9.17, 15) is 19.2 Å². The van der Waals surface area contributed by atoms with Crippen molar-refractivity contribution in [3.8, 4) is 0 Å². The molecule has 3 aromatic heterocycles. The van der Waals surface area contributed by atoms with Gasteiger partial charge in [-0.2, -0.15) is 0 Å². The normalized spacial score (nSPS) is 21.2. The number of ether oxygens (including phenoxy) is 2. The van der Waals surface area contributed by atoms with Crippen LogP contribution in [0, 0.1) is 25.7 Å². The number of allylic oxidation sites excluding steroid dienone is 2. The van der Waals surface area contributed by atoms with Gasteiger partial charge in [-0.3, -0.25) is 19.2 Å². The minimum Gasteiger partial charge on any atom is -0.468 e. The molecule has 0 saturated heterocycles. The molecule has 6 rings (SSSR count). The first-order valence-electron chi connectivity index (χ1n) is 18.4. The summed E-state index contributed by atoms with van der Waals surface area (Å²) in [6.07, 6.45) is 12.9. The van der Waals surface area contributed by atoms with Crippen LogP contribution in [0.3, 0.4) is 0 Å². The summed E-state index contributed by atoms with van der Waals surface area (Å²) >= 11 is 0. The Kier molecular flexibility index (Phi) is 10.5. The number of hydrogen-bond donors (Lipinski definition) is 4. The predicted molar refractivity (Wildman–Crippen MR) is 201 cm³/mol. The van der Waals surface area contributed by atoms with Gasteiger partial charge in [0.25, 0.3) is 0 Å². The van der Waals surface area contributed by atoms with Crippen LogP contribution in [0.5, 0.6) is 0 Å². The van der Waals surface area contributed by atoms with Crippen LogP contribution < -0.4 is 26.7 Å². The number of rotatable bonds is 11. The molecular weight excluding hydrogens is 656 g/mol.